The number of hydrogen-bond donors (Lipinski definition) is 0. The van der Waals surface area contributed by atoms with Gasteiger partial charge < -0.3 is 9.64 Å². The summed E-state index contributed by atoms with van der Waals surface area (Å²) in [5.74, 6) is 0.522. The molecule has 0 spiro atoms. The minimum Gasteiger partial charge on any atom is -0.474 e. The summed E-state index contributed by atoms with van der Waals surface area (Å²) in [6, 6.07) is 1.92. The van der Waals surface area contributed by atoms with Gasteiger partial charge in [-0.25, -0.2) is 4.98 Å². The molecule has 17 heavy (non-hydrogen) atoms. The van der Waals surface area contributed by atoms with Crippen LogP contribution in [-0.2, 0) is 0 Å². The van der Waals surface area contributed by atoms with E-state index in [0.717, 1.165) is 25.1 Å². The molecular weight excluding hydrogens is 222 g/mol. The normalized spacial score (nSPS) is 22.4. The second-order valence-corrected chi connectivity index (χ2v) is 4.43. The molecule has 1 aromatic heterocycles. The number of piperidine rings is 1. The van der Waals surface area contributed by atoms with Crippen LogP contribution in [0.4, 0.5) is 11.4 Å². The molecule has 6 heteroatoms. The van der Waals surface area contributed by atoms with Crippen LogP contribution in [0.25, 0.3) is 0 Å². The first-order valence-corrected chi connectivity index (χ1v) is 5.79. The van der Waals surface area contributed by atoms with Crippen LogP contribution < -0.4 is 9.64 Å². The first-order valence-electron chi connectivity index (χ1n) is 5.79. The molecule has 0 N–H and O–H groups in total. The van der Waals surface area contributed by atoms with E-state index < -0.39 is 4.92 Å². The topological polar surface area (TPSA) is 68.5 Å². The van der Waals surface area contributed by atoms with Crippen molar-refractivity contribution in [2.24, 2.45) is 0 Å². The van der Waals surface area contributed by atoms with E-state index in [-0.39, 0.29) is 5.69 Å². The number of hydrogen-bond acceptors (Lipinski definition) is 5. The first kappa shape index (κ1) is 10.3. The Bertz CT molecular complexity index is 463. The number of ether oxygens (including phenoxy) is 1. The summed E-state index contributed by atoms with van der Waals surface area (Å²) in [5, 5.41) is 10.8. The van der Waals surface area contributed by atoms with E-state index in [1.165, 1.54) is 12.6 Å². The molecule has 0 amide bonds. The van der Waals surface area contributed by atoms with Crippen LogP contribution in [-0.4, -0.2) is 29.1 Å². The molecule has 3 rings (SSSR count). The fourth-order valence-corrected chi connectivity index (χ4v) is 2.51. The quantitative estimate of drug-likeness (QED) is 0.547. The molecular formula is C11H13N3O3. The van der Waals surface area contributed by atoms with Crippen LogP contribution in [0.2, 0.25) is 0 Å². The van der Waals surface area contributed by atoms with Crippen molar-refractivity contribution in [3.63, 3.8) is 0 Å². The zero-order valence-electron chi connectivity index (χ0n) is 9.33. The number of pyridine rings is 1. The molecule has 0 aromatic carbocycles. The monoisotopic (exact) mass is 235 g/mol. The Kier molecular flexibility index (Phi) is 2.35. The maximum absolute atomic E-state index is 10.8. The van der Waals surface area contributed by atoms with E-state index in [1.807, 2.05) is 0 Å². The van der Waals surface area contributed by atoms with Crippen LogP contribution in [0.1, 0.15) is 19.3 Å². The molecule has 1 saturated heterocycles. The molecule has 0 radical (unpaired) electrons. The Morgan fingerprint density at radius 3 is 3.24 bits per heavy atom. The number of anilines is 1. The van der Waals surface area contributed by atoms with Crippen LogP contribution in [0.5, 0.6) is 5.88 Å². The molecule has 6 nitrogen and oxygen atoms in total. The second-order valence-electron chi connectivity index (χ2n) is 4.43. The summed E-state index contributed by atoms with van der Waals surface area (Å²) in [4.78, 5) is 16.6. The smallest absolute Gasteiger partial charge is 0.289 e. The molecule has 90 valence electrons. The van der Waals surface area contributed by atoms with Gasteiger partial charge in [0.1, 0.15) is 18.5 Å². The average Bonchev–Trinajstić information content (AvgIpc) is 2.38. The molecule has 3 heterocycles. The van der Waals surface area contributed by atoms with Crippen molar-refractivity contribution < 1.29 is 9.66 Å². The van der Waals surface area contributed by atoms with Gasteiger partial charge in [0, 0.05) is 12.6 Å². The van der Waals surface area contributed by atoms with Gasteiger partial charge in [0.25, 0.3) is 5.69 Å². The second kappa shape index (κ2) is 3.87. The minimum absolute atomic E-state index is 0.0265. The maximum Gasteiger partial charge on any atom is 0.289 e. The Hall–Kier alpha value is -1.85. The van der Waals surface area contributed by atoms with Crippen molar-refractivity contribution in [2.45, 2.75) is 25.3 Å². The lowest BCUT2D eigenvalue weighted by Crippen LogP contribution is -2.46. The van der Waals surface area contributed by atoms with Crippen LogP contribution >= 0.6 is 0 Å². The Morgan fingerprint density at radius 2 is 2.41 bits per heavy atom. The van der Waals surface area contributed by atoms with Gasteiger partial charge in [-0.2, -0.15) is 0 Å². The Balaban J connectivity index is 2.01. The van der Waals surface area contributed by atoms with Gasteiger partial charge in [-0.15, -0.1) is 0 Å². The Morgan fingerprint density at radius 1 is 1.53 bits per heavy atom. The van der Waals surface area contributed by atoms with E-state index in [0.29, 0.717) is 18.5 Å². The van der Waals surface area contributed by atoms with Gasteiger partial charge in [0.15, 0.2) is 0 Å². The van der Waals surface area contributed by atoms with Crippen molar-refractivity contribution in [2.75, 3.05) is 18.1 Å². The van der Waals surface area contributed by atoms with Crippen molar-refractivity contribution in [1.29, 1.82) is 0 Å². The standard InChI is InChI=1S/C11H13N3O3/c15-14(16)9-5-10-11(12-6-9)17-7-8-3-1-2-4-13(8)10/h5-6,8H,1-4,7H2/t8-/m0/s1. The summed E-state index contributed by atoms with van der Waals surface area (Å²) in [7, 11) is 0. The third-order valence-electron chi connectivity index (χ3n) is 3.38. The summed E-state index contributed by atoms with van der Waals surface area (Å²) in [5.41, 5.74) is 0.800. The summed E-state index contributed by atoms with van der Waals surface area (Å²) < 4.78 is 5.55. The van der Waals surface area contributed by atoms with Gasteiger partial charge in [0.2, 0.25) is 5.88 Å². The molecule has 1 atom stereocenters. The molecule has 1 fully saturated rings. The zero-order valence-corrected chi connectivity index (χ0v) is 9.33. The fraction of sp³-hybridized carbons (Fsp3) is 0.545. The maximum atomic E-state index is 10.8. The fourth-order valence-electron chi connectivity index (χ4n) is 2.51. The predicted octanol–water partition coefficient (Wildman–Crippen LogP) is 1.74. The minimum atomic E-state index is -0.416. The lowest BCUT2D eigenvalue weighted by atomic mass is 10.0. The highest BCUT2D eigenvalue weighted by Crippen LogP contribution is 2.37. The summed E-state index contributed by atoms with van der Waals surface area (Å²) in [6.07, 6.45) is 4.66. The molecule has 2 aliphatic heterocycles. The van der Waals surface area contributed by atoms with Gasteiger partial charge in [-0.05, 0) is 19.3 Å². The predicted molar refractivity (Wildman–Crippen MR) is 61.4 cm³/mol. The lowest BCUT2D eigenvalue weighted by molar-refractivity contribution is -0.385. The van der Waals surface area contributed by atoms with E-state index in [1.54, 1.807) is 6.07 Å². The van der Waals surface area contributed by atoms with Crippen LogP contribution in [0, 0.1) is 10.1 Å². The highest BCUT2D eigenvalue weighted by atomic mass is 16.6. The molecule has 0 aliphatic carbocycles. The van der Waals surface area contributed by atoms with Gasteiger partial charge >= 0.3 is 0 Å². The van der Waals surface area contributed by atoms with Crippen molar-refractivity contribution in [3.8, 4) is 5.88 Å². The third-order valence-corrected chi connectivity index (χ3v) is 3.38. The highest BCUT2D eigenvalue weighted by molar-refractivity contribution is 5.61. The Labute approximate surface area is 98.4 Å². The number of aromatic nitrogens is 1. The largest absolute Gasteiger partial charge is 0.474 e. The highest BCUT2D eigenvalue weighted by Gasteiger charge is 2.31. The third kappa shape index (κ3) is 1.69. The summed E-state index contributed by atoms with van der Waals surface area (Å²) >= 11 is 0. The van der Waals surface area contributed by atoms with Crippen molar-refractivity contribution in [3.05, 3.63) is 22.4 Å². The average molecular weight is 235 g/mol. The van der Waals surface area contributed by atoms with E-state index >= 15 is 0 Å². The lowest BCUT2D eigenvalue weighted by Gasteiger charge is -2.40. The zero-order chi connectivity index (χ0) is 11.8. The first-order chi connectivity index (χ1) is 8.25. The molecule has 2 aliphatic rings. The van der Waals surface area contributed by atoms with Gasteiger partial charge in [0.05, 0.1) is 11.0 Å². The SMILES string of the molecule is O=[N+]([O-])c1cnc2c(c1)N1CCCC[C@H]1CO2. The van der Waals surface area contributed by atoms with E-state index in [2.05, 4.69) is 9.88 Å². The van der Waals surface area contributed by atoms with Crippen molar-refractivity contribution in [1.82, 2.24) is 4.98 Å². The number of nitrogens with zero attached hydrogens (tertiary/aromatic N) is 3. The molecule has 0 saturated carbocycles. The van der Waals surface area contributed by atoms with Crippen molar-refractivity contribution >= 4 is 11.4 Å². The van der Waals surface area contributed by atoms with E-state index in [9.17, 15) is 10.1 Å². The van der Waals surface area contributed by atoms with Gasteiger partial charge in [-0.3, -0.25) is 10.1 Å². The molecule has 1 aromatic rings. The number of rotatable bonds is 1. The molecule has 0 unspecified atom stereocenters. The summed E-state index contributed by atoms with van der Waals surface area (Å²) in [6.45, 7) is 1.57. The van der Waals surface area contributed by atoms with Crippen LogP contribution in [0.15, 0.2) is 12.3 Å². The molecule has 0 bridgehead atoms. The van der Waals surface area contributed by atoms with Crippen LogP contribution in [0.3, 0.4) is 0 Å². The number of fused-ring (bicyclic) bond motifs is 3. The van der Waals surface area contributed by atoms with Gasteiger partial charge in [-0.1, -0.05) is 0 Å². The van der Waals surface area contributed by atoms with E-state index in [4.69, 9.17) is 4.74 Å². The number of nitro groups is 1.